The number of hydrogen-bond donors (Lipinski definition) is 2. The zero-order valence-electron chi connectivity index (χ0n) is 7.26. The highest BCUT2D eigenvalue weighted by Gasteiger charge is 2.56. The lowest BCUT2D eigenvalue weighted by molar-refractivity contribution is -0.0516. The van der Waals surface area contributed by atoms with Gasteiger partial charge in [-0.3, -0.25) is 0 Å². The fourth-order valence-electron chi connectivity index (χ4n) is 2.81. The van der Waals surface area contributed by atoms with Gasteiger partial charge in [0.2, 0.25) is 0 Å². The molecule has 2 N–H and O–H groups in total. The maximum absolute atomic E-state index is 11.3. The molecule has 0 aromatic rings. The molecule has 0 amide bonds. The average Bonchev–Trinajstić information content (AvgIpc) is 2.30. The maximum Gasteiger partial charge on any atom is 0.150 e. The van der Waals surface area contributed by atoms with Crippen LogP contribution in [-0.2, 0) is 9.84 Å². The van der Waals surface area contributed by atoms with E-state index in [1.165, 1.54) is 0 Å². The van der Waals surface area contributed by atoms with Crippen LogP contribution in [0.25, 0.3) is 0 Å². The van der Waals surface area contributed by atoms with Gasteiger partial charge in [0.05, 0.1) is 11.5 Å². The van der Waals surface area contributed by atoms with Crippen LogP contribution in [0.4, 0.5) is 0 Å². The molecule has 0 bridgehead atoms. The summed E-state index contributed by atoms with van der Waals surface area (Å²) in [7, 11) is -2.89. The number of fused-ring (bicyclic) bond motifs is 1. The van der Waals surface area contributed by atoms with Gasteiger partial charge in [-0.25, -0.2) is 8.42 Å². The van der Waals surface area contributed by atoms with Crippen molar-refractivity contribution in [2.24, 2.45) is 23.7 Å². The molecule has 0 radical (unpaired) electrons. The first-order valence-corrected chi connectivity index (χ1v) is 6.33. The minimum atomic E-state index is -2.89. The molecule has 1 heterocycles. The van der Waals surface area contributed by atoms with E-state index in [2.05, 4.69) is 0 Å². The fourth-order valence-corrected chi connectivity index (χ4v) is 5.11. The fraction of sp³-hybridized carbons (Fsp3) is 1.00. The van der Waals surface area contributed by atoms with Crippen LogP contribution in [-0.4, -0.2) is 43.4 Å². The molecule has 1 aliphatic heterocycles. The van der Waals surface area contributed by atoms with E-state index in [1.807, 2.05) is 0 Å². The van der Waals surface area contributed by atoms with Crippen LogP contribution in [0.2, 0.25) is 0 Å². The second-order valence-electron chi connectivity index (χ2n) is 4.10. The zero-order chi connectivity index (χ0) is 9.64. The highest BCUT2D eigenvalue weighted by Crippen LogP contribution is 2.50. The predicted octanol–water partition coefficient (Wildman–Crippen LogP) is -1.12. The van der Waals surface area contributed by atoms with Crippen molar-refractivity contribution in [2.45, 2.75) is 0 Å². The topological polar surface area (TPSA) is 74.6 Å². The number of sulfone groups is 1. The molecule has 2 rings (SSSR count). The maximum atomic E-state index is 11.3. The van der Waals surface area contributed by atoms with Crippen LogP contribution in [0.15, 0.2) is 0 Å². The van der Waals surface area contributed by atoms with Gasteiger partial charge in [-0.15, -0.1) is 0 Å². The van der Waals surface area contributed by atoms with Gasteiger partial charge in [0.25, 0.3) is 0 Å². The second kappa shape index (κ2) is 2.93. The lowest BCUT2D eigenvalue weighted by Gasteiger charge is -2.46. The summed E-state index contributed by atoms with van der Waals surface area (Å²) in [5.74, 6) is 0.637. The van der Waals surface area contributed by atoms with Crippen molar-refractivity contribution in [3.63, 3.8) is 0 Å². The molecular weight excluding hydrogens is 192 g/mol. The van der Waals surface area contributed by atoms with E-state index >= 15 is 0 Å². The van der Waals surface area contributed by atoms with Crippen molar-refractivity contribution in [3.05, 3.63) is 0 Å². The van der Waals surface area contributed by atoms with E-state index in [0.717, 1.165) is 0 Å². The summed E-state index contributed by atoms with van der Waals surface area (Å²) in [6.07, 6.45) is 0. The van der Waals surface area contributed by atoms with E-state index in [1.54, 1.807) is 0 Å². The van der Waals surface area contributed by atoms with Gasteiger partial charge in [-0.05, 0) is 23.7 Å². The summed E-state index contributed by atoms with van der Waals surface area (Å²) in [5.41, 5.74) is 0. The molecule has 1 aliphatic carbocycles. The van der Waals surface area contributed by atoms with E-state index in [4.69, 9.17) is 10.2 Å². The predicted molar refractivity (Wildman–Crippen MR) is 46.8 cm³/mol. The molecule has 5 heteroatoms. The van der Waals surface area contributed by atoms with Crippen molar-refractivity contribution in [3.8, 4) is 0 Å². The Kier molecular flexibility index (Phi) is 2.13. The molecule has 4 atom stereocenters. The highest BCUT2D eigenvalue weighted by molar-refractivity contribution is 7.91. The van der Waals surface area contributed by atoms with E-state index in [-0.39, 0.29) is 48.4 Å². The Morgan fingerprint density at radius 1 is 1.00 bits per heavy atom. The Bertz CT molecular complexity index is 273. The van der Waals surface area contributed by atoms with Crippen LogP contribution in [0.3, 0.4) is 0 Å². The third kappa shape index (κ3) is 1.30. The summed E-state index contributed by atoms with van der Waals surface area (Å²) in [5, 5.41) is 18.0. The number of rotatable bonds is 2. The number of aliphatic hydroxyl groups excluding tert-OH is 2. The van der Waals surface area contributed by atoms with Crippen molar-refractivity contribution >= 4 is 9.84 Å². The largest absolute Gasteiger partial charge is 0.396 e. The Morgan fingerprint density at radius 3 is 1.69 bits per heavy atom. The van der Waals surface area contributed by atoms with Gasteiger partial charge >= 0.3 is 0 Å². The second-order valence-corrected chi connectivity index (χ2v) is 6.25. The Morgan fingerprint density at radius 2 is 1.38 bits per heavy atom. The quantitative estimate of drug-likeness (QED) is 0.600. The Hall–Kier alpha value is -0.130. The van der Waals surface area contributed by atoms with Crippen molar-refractivity contribution in [1.82, 2.24) is 0 Å². The van der Waals surface area contributed by atoms with E-state index < -0.39 is 9.84 Å². The monoisotopic (exact) mass is 206 g/mol. The molecule has 2 fully saturated rings. The number of aliphatic hydroxyl groups is 2. The number of hydrogen-bond acceptors (Lipinski definition) is 4. The van der Waals surface area contributed by atoms with Crippen LogP contribution >= 0.6 is 0 Å². The van der Waals surface area contributed by atoms with Gasteiger partial charge in [-0.1, -0.05) is 0 Å². The van der Waals surface area contributed by atoms with Crippen molar-refractivity contribution in [1.29, 1.82) is 0 Å². The zero-order valence-corrected chi connectivity index (χ0v) is 8.07. The molecule has 1 saturated heterocycles. The minimum absolute atomic E-state index is 0.00190. The third-order valence-electron chi connectivity index (χ3n) is 3.51. The molecule has 13 heavy (non-hydrogen) atoms. The molecular formula is C8H14O4S. The minimum Gasteiger partial charge on any atom is -0.396 e. The molecule has 0 aromatic carbocycles. The molecule has 1 saturated carbocycles. The Balaban J connectivity index is 2.15. The summed E-state index contributed by atoms with van der Waals surface area (Å²) >= 11 is 0. The normalized spacial score (nSPS) is 46.9. The first-order valence-electron chi connectivity index (χ1n) is 4.51. The lowest BCUT2D eigenvalue weighted by Crippen LogP contribution is -2.49. The molecule has 0 aromatic heterocycles. The summed E-state index contributed by atoms with van der Waals surface area (Å²) in [6.45, 7) is 0.00380. The van der Waals surface area contributed by atoms with Crippen LogP contribution in [0.5, 0.6) is 0 Å². The molecule has 76 valence electrons. The van der Waals surface area contributed by atoms with Gasteiger partial charge in [0.1, 0.15) is 0 Å². The summed E-state index contributed by atoms with van der Waals surface area (Å²) < 4.78 is 22.5. The van der Waals surface area contributed by atoms with Crippen LogP contribution < -0.4 is 0 Å². The third-order valence-corrected chi connectivity index (χ3v) is 5.30. The lowest BCUT2D eigenvalue weighted by atomic mass is 9.59. The van der Waals surface area contributed by atoms with Gasteiger partial charge in [0.15, 0.2) is 9.84 Å². The Labute approximate surface area is 77.5 Å². The molecule has 0 unspecified atom stereocenters. The van der Waals surface area contributed by atoms with Gasteiger partial charge < -0.3 is 10.2 Å². The molecule has 2 aliphatic rings. The first kappa shape index (κ1) is 9.43. The van der Waals surface area contributed by atoms with Crippen LogP contribution in [0.1, 0.15) is 0 Å². The smallest absolute Gasteiger partial charge is 0.150 e. The van der Waals surface area contributed by atoms with Gasteiger partial charge in [0, 0.05) is 13.2 Å². The highest BCUT2D eigenvalue weighted by atomic mass is 32.2. The SMILES string of the molecule is O=S1(=O)C[C@@H]2[C@@H](CO)[C@@H](CO)[C@@H]2C1. The van der Waals surface area contributed by atoms with E-state index in [9.17, 15) is 8.42 Å². The molecule has 0 spiro atoms. The average molecular weight is 206 g/mol. The van der Waals surface area contributed by atoms with Gasteiger partial charge in [-0.2, -0.15) is 0 Å². The van der Waals surface area contributed by atoms with E-state index in [0.29, 0.717) is 0 Å². The molecule has 4 nitrogen and oxygen atoms in total. The van der Waals surface area contributed by atoms with Crippen LogP contribution in [0, 0.1) is 23.7 Å². The standard InChI is InChI=1S/C8H14O4S/c9-1-5-6(2-10)8-4-13(11,12)3-7(5)8/h5-10H,1-4H2/t5-,6+,7+,8-. The van der Waals surface area contributed by atoms with Crippen molar-refractivity contribution < 1.29 is 18.6 Å². The summed E-state index contributed by atoms with van der Waals surface area (Å²) in [4.78, 5) is 0. The first-order chi connectivity index (χ1) is 6.09. The van der Waals surface area contributed by atoms with Crippen molar-refractivity contribution in [2.75, 3.05) is 24.7 Å². The summed E-state index contributed by atoms with van der Waals surface area (Å²) in [6, 6.07) is 0.